The molecule has 2 aliphatic rings. The van der Waals surface area contributed by atoms with Crippen LogP contribution in [0.3, 0.4) is 0 Å². The number of amides is 1. The monoisotopic (exact) mass is 313 g/mol. The van der Waals surface area contributed by atoms with Gasteiger partial charge in [-0.2, -0.15) is 5.10 Å². The van der Waals surface area contributed by atoms with E-state index in [0.29, 0.717) is 18.7 Å². The van der Waals surface area contributed by atoms with Crippen molar-refractivity contribution in [1.29, 1.82) is 0 Å². The summed E-state index contributed by atoms with van der Waals surface area (Å²) in [7, 11) is 0. The van der Waals surface area contributed by atoms with E-state index in [1.807, 2.05) is 24.3 Å². The first-order chi connectivity index (χ1) is 11.3. The summed E-state index contributed by atoms with van der Waals surface area (Å²) in [6.07, 6.45) is 6.18. The molecular formula is C17H19N3O3. The Labute approximate surface area is 134 Å². The molecule has 2 aromatic rings. The maximum atomic E-state index is 12.7. The molecule has 1 fully saturated rings. The molecule has 1 amide bonds. The van der Waals surface area contributed by atoms with Crippen molar-refractivity contribution in [3.05, 3.63) is 48.3 Å². The third kappa shape index (κ3) is 2.82. The topological polar surface area (TPSA) is 62.2 Å². The summed E-state index contributed by atoms with van der Waals surface area (Å²) >= 11 is 0. The van der Waals surface area contributed by atoms with Crippen LogP contribution in [-0.4, -0.2) is 41.2 Å². The summed E-state index contributed by atoms with van der Waals surface area (Å²) in [5.74, 6) is 1.47. The molecule has 0 spiro atoms. The lowest BCUT2D eigenvalue weighted by Gasteiger charge is -2.22. The Morgan fingerprint density at radius 3 is 2.65 bits per heavy atom. The molecule has 6 nitrogen and oxygen atoms in total. The highest BCUT2D eigenvalue weighted by Crippen LogP contribution is 2.33. The molecule has 0 saturated carbocycles. The van der Waals surface area contributed by atoms with Gasteiger partial charge in [-0.1, -0.05) is 0 Å². The standard InChI is InChI=1S/C17H19N3O3/c21-17(12-19-7-1-2-8-19)20-14(16-6-4-10-23-16)11-13(18-20)15-5-3-9-22-15/h3-6,9-10,14H,1-2,7-8,11-12H2/t14-/m0/s1. The molecule has 0 radical (unpaired) electrons. The molecule has 4 rings (SSSR count). The molecule has 0 aromatic carbocycles. The van der Waals surface area contributed by atoms with Gasteiger partial charge in [0.15, 0.2) is 0 Å². The molecule has 0 N–H and O–H groups in total. The van der Waals surface area contributed by atoms with E-state index in [4.69, 9.17) is 8.83 Å². The predicted octanol–water partition coefficient (Wildman–Crippen LogP) is 2.65. The molecule has 2 aromatic heterocycles. The van der Waals surface area contributed by atoms with Gasteiger partial charge in [0, 0.05) is 6.42 Å². The summed E-state index contributed by atoms with van der Waals surface area (Å²) < 4.78 is 11.0. The highest BCUT2D eigenvalue weighted by Gasteiger charge is 2.36. The average molecular weight is 313 g/mol. The lowest BCUT2D eigenvalue weighted by Crippen LogP contribution is -2.36. The lowest BCUT2D eigenvalue weighted by molar-refractivity contribution is -0.134. The number of hydrazone groups is 1. The number of nitrogens with zero attached hydrogens (tertiary/aromatic N) is 3. The Morgan fingerprint density at radius 2 is 1.96 bits per heavy atom. The van der Waals surface area contributed by atoms with Crippen LogP contribution in [0.25, 0.3) is 0 Å². The highest BCUT2D eigenvalue weighted by molar-refractivity contribution is 6.01. The molecule has 0 bridgehead atoms. The number of carbonyl (C=O) groups excluding carboxylic acids is 1. The van der Waals surface area contributed by atoms with E-state index in [1.54, 1.807) is 17.5 Å². The van der Waals surface area contributed by atoms with Crippen LogP contribution in [0.4, 0.5) is 0 Å². The van der Waals surface area contributed by atoms with Crippen molar-refractivity contribution in [1.82, 2.24) is 9.91 Å². The van der Waals surface area contributed by atoms with E-state index in [1.165, 1.54) is 0 Å². The summed E-state index contributed by atoms with van der Waals surface area (Å²) in [6, 6.07) is 7.23. The quantitative estimate of drug-likeness (QED) is 0.870. The molecular weight excluding hydrogens is 294 g/mol. The van der Waals surface area contributed by atoms with E-state index < -0.39 is 0 Å². The average Bonchev–Trinajstić information content (AvgIpc) is 3.30. The first kappa shape index (κ1) is 14.3. The summed E-state index contributed by atoms with van der Waals surface area (Å²) in [5.41, 5.74) is 0.783. The van der Waals surface area contributed by atoms with Crippen LogP contribution in [-0.2, 0) is 4.79 Å². The second kappa shape index (κ2) is 6.04. The minimum absolute atomic E-state index is 0.00913. The molecule has 0 aliphatic carbocycles. The van der Waals surface area contributed by atoms with E-state index in [0.717, 1.165) is 37.4 Å². The van der Waals surface area contributed by atoms with Crippen LogP contribution >= 0.6 is 0 Å². The fourth-order valence-corrected chi connectivity index (χ4v) is 3.24. The summed E-state index contributed by atoms with van der Waals surface area (Å²) in [6.45, 7) is 2.38. The van der Waals surface area contributed by atoms with Crippen molar-refractivity contribution in [2.24, 2.45) is 5.10 Å². The smallest absolute Gasteiger partial charge is 0.257 e. The largest absolute Gasteiger partial charge is 0.467 e. The minimum Gasteiger partial charge on any atom is -0.467 e. The first-order valence-electron chi connectivity index (χ1n) is 8.00. The predicted molar refractivity (Wildman–Crippen MR) is 83.8 cm³/mol. The van der Waals surface area contributed by atoms with Crippen LogP contribution in [0.2, 0.25) is 0 Å². The zero-order valence-electron chi connectivity index (χ0n) is 12.9. The van der Waals surface area contributed by atoms with Crippen molar-refractivity contribution in [2.75, 3.05) is 19.6 Å². The highest BCUT2D eigenvalue weighted by atomic mass is 16.3. The molecule has 6 heteroatoms. The Morgan fingerprint density at radius 1 is 1.17 bits per heavy atom. The fourth-order valence-electron chi connectivity index (χ4n) is 3.24. The second-order valence-corrected chi connectivity index (χ2v) is 5.98. The number of furan rings is 2. The van der Waals surface area contributed by atoms with Crippen molar-refractivity contribution < 1.29 is 13.6 Å². The van der Waals surface area contributed by atoms with Crippen LogP contribution in [0.15, 0.2) is 50.7 Å². The Hall–Kier alpha value is -2.34. The van der Waals surface area contributed by atoms with E-state index in [9.17, 15) is 4.79 Å². The van der Waals surface area contributed by atoms with Gasteiger partial charge in [0.1, 0.15) is 23.3 Å². The second-order valence-electron chi connectivity index (χ2n) is 5.98. The molecule has 1 saturated heterocycles. The molecule has 2 aliphatic heterocycles. The maximum absolute atomic E-state index is 12.7. The van der Waals surface area contributed by atoms with Crippen molar-refractivity contribution in [3.63, 3.8) is 0 Å². The minimum atomic E-state index is -0.194. The van der Waals surface area contributed by atoms with Gasteiger partial charge < -0.3 is 8.83 Å². The van der Waals surface area contributed by atoms with E-state index in [2.05, 4.69) is 10.0 Å². The van der Waals surface area contributed by atoms with Gasteiger partial charge in [0.2, 0.25) is 0 Å². The van der Waals surface area contributed by atoms with Crippen LogP contribution in [0.1, 0.15) is 36.8 Å². The fraction of sp³-hybridized carbons (Fsp3) is 0.412. The van der Waals surface area contributed by atoms with Gasteiger partial charge >= 0.3 is 0 Å². The van der Waals surface area contributed by atoms with Crippen LogP contribution in [0, 0.1) is 0 Å². The molecule has 1 atom stereocenters. The summed E-state index contributed by atoms with van der Waals surface area (Å²) in [5, 5.41) is 6.09. The number of hydrogen-bond donors (Lipinski definition) is 0. The van der Waals surface area contributed by atoms with Gasteiger partial charge in [0.05, 0.1) is 19.1 Å². The Kier molecular flexibility index (Phi) is 3.75. The van der Waals surface area contributed by atoms with Gasteiger partial charge in [-0.05, 0) is 50.2 Å². The third-order valence-corrected chi connectivity index (χ3v) is 4.40. The van der Waals surface area contributed by atoms with Crippen LogP contribution in [0.5, 0.6) is 0 Å². The zero-order valence-corrected chi connectivity index (χ0v) is 12.9. The molecule has 120 valence electrons. The SMILES string of the molecule is O=C(CN1CCCC1)N1N=C(c2ccco2)C[C@H]1c1ccco1. The normalized spacial score (nSPS) is 21.8. The van der Waals surface area contributed by atoms with Crippen molar-refractivity contribution >= 4 is 11.6 Å². The van der Waals surface area contributed by atoms with E-state index in [-0.39, 0.29) is 11.9 Å². The Balaban J connectivity index is 1.57. The van der Waals surface area contributed by atoms with Gasteiger partial charge in [-0.3, -0.25) is 9.69 Å². The van der Waals surface area contributed by atoms with Crippen LogP contribution < -0.4 is 0 Å². The van der Waals surface area contributed by atoms with Gasteiger partial charge in [-0.15, -0.1) is 0 Å². The van der Waals surface area contributed by atoms with Crippen molar-refractivity contribution in [3.8, 4) is 0 Å². The first-order valence-corrected chi connectivity index (χ1v) is 8.00. The lowest BCUT2D eigenvalue weighted by atomic mass is 10.1. The zero-order chi connectivity index (χ0) is 15.6. The maximum Gasteiger partial charge on any atom is 0.257 e. The number of carbonyl (C=O) groups is 1. The van der Waals surface area contributed by atoms with E-state index >= 15 is 0 Å². The number of likely N-dealkylation sites (tertiary alicyclic amines) is 1. The third-order valence-electron chi connectivity index (χ3n) is 4.40. The number of rotatable bonds is 4. The molecule has 0 unspecified atom stereocenters. The van der Waals surface area contributed by atoms with Gasteiger partial charge in [-0.25, -0.2) is 5.01 Å². The Bertz CT molecular complexity index is 685. The number of hydrogen-bond acceptors (Lipinski definition) is 5. The molecule has 4 heterocycles. The molecule has 23 heavy (non-hydrogen) atoms. The van der Waals surface area contributed by atoms with Gasteiger partial charge in [0.25, 0.3) is 5.91 Å². The summed E-state index contributed by atoms with van der Waals surface area (Å²) in [4.78, 5) is 14.9. The van der Waals surface area contributed by atoms with Crippen molar-refractivity contribution in [2.45, 2.75) is 25.3 Å².